The predicted molar refractivity (Wildman–Crippen MR) is 105 cm³/mol. The molecule has 1 N–H and O–H groups in total. The van der Waals surface area contributed by atoms with E-state index in [9.17, 15) is 27.9 Å². The van der Waals surface area contributed by atoms with Crippen LogP contribution >= 0.6 is 0 Å². The van der Waals surface area contributed by atoms with Gasteiger partial charge in [-0.05, 0) is 0 Å². The second kappa shape index (κ2) is 8.01. The van der Waals surface area contributed by atoms with Crippen LogP contribution in [-0.2, 0) is 9.53 Å². The Balaban J connectivity index is 1.76. The van der Waals surface area contributed by atoms with Gasteiger partial charge in [0.2, 0.25) is 0 Å². The molecular weight excluding hydrogens is 482 g/mol. The zero-order chi connectivity index (χ0) is 22.3. The normalized spacial score (nSPS) is 18.1. The number of carboxylic acids is 1. The summed E-state index contributed by atoms with van der Waals surface area (Å²) in [5, 5.41) is 10.1. The maximum atomic E-state index is 12.6. The van der Waals surface area contributed by atoms with Crippen LogP contribution in [0.25, 0.3) is 20.9 Å². The topological polar surface area (TPSA) is 85.7 Å². The minimum absolute atomic E-state index is 0.106. The van der Waals surface area contributed by atoms with Gasteiger partial charge in [-0.15, -0.1) is 0 Å². The Morgan fingerprint density at radius 1 is 1.26 bits per heavy atom. The number of ether oxygens (including phenoxy) is 2. The number of rotatable bonds is 6. The number of aromatic carboxylic acids is 1. The van der Waals surface area contributed by atoms with E-state index in [0.717, 1.165) is 0 Å². The van der Waals surface area contributed by atoms with E-state index in [1.807, 2.05) is 0 Å². The van der Waals surface area contributed by atoms with Crippen molar-refractivity contribution in [2.75, 3.05) is 6.61 Å². The van der Waals surface area contributed by atoms with Gasteiger partial charge in [0.15, 0.2) is 0 Å². The van der Waals surface area contributed by atoms with Crippen molar-refractivity contribution in [2.24, 2.45) is 5.92 Å². The molecule has 2 heterocycles. The molecule has 1 fully saturated rings. The van der Waals surface area contributed by atoms with E-state index in [0.29, 0.717) is 27.5 Å². The fraction of sp³-hybridized carbons (Fsp3) is 0.286. The van der Waals surface area contributed by atoms with Crippen molar-refractivity contribution in [2.45, 2.75) is 25.6 Å². The SMILES string of the molecule is CCOC(=O)[C@@H]1C[C@H]1c1cccc(-c2c(C(=O)O)[se]c3ccc(OC(F)(F)F)cc23)n1. The standard InChI is InChI=1S/C21H16F3NO5Se/c1-2-29-20(28)12-9-11(12)14-4-3-5-15(25-14)17-13-8-10(30-21(22,23)24)6-7-16(13)31-18(17)19(26)27/h3-8,11-12H,2,9H2,1H3,(H,26,27)/t11-,12-/m1/s1. The number of aromatic nitrogens is 1. The van der Waals surface area contributed by atoms with Gasteiger partial charge in [0.25, 0.3) is 0 Å². The van der Waals surface area contributed by atoms with Gasteiger partial charge in [0.05, 0.1) is 0 Å². The number of fused-ring (bicyclic) bond motifs is 1. The Morgan fingerprint density at radius 2 is 2.03 bits per heavy atom. The zero-order valence-electron chi connectivity index (χ0n) is 16.1. The summed E-state index contributed by atoms with van der Waals surface area (Å²) in [5.74, 6) is -2.28. The number of carbonyl (C=O) groups excluding carboxylic acids is 1. The summed E-state index contributed by atoms with van der Waals surface area (Å²) < 4.78 is 47.7. The van der Waals surface area contributed by atoms with Crippen LogP contribution in [-0.4, -0.2) is 49.5 Å². The Labute approximate surface area is 180 Å². The van der Waals surface area contributed by atoms with Crippen molar-refractivity contribution >= 4 is 36.1 Å². The van der Waals surface area contributed by atoms with E-state index >= 15 is 0 Å². The van der Waals surface area contributed by atoms with Crippen molar-refractivity contribution in [1.29, 1.82) is 0 Å². The first-order valence-electron chi connectivity index (χ1n) is 9.37. The molecule has 1 aliphatic carbocycles. The van der Waals surface area contributed by atoms with Crippen LogP contribution in [0, 0.1) is 5.92 Å². The summed E-state index contributed by atoms with van der Waals surface area (Å²) in [6, 6.07) is 8.89. The molecule has 0 saturated heterocycles. The van der Waals surface area contributed by atoms with Gasteiger partial charge in [0.1, 0.15) is 0 Å². The molecule has 1 aromatic carbocycles. The Kier molecular flexibility index (Phi) is 5.53. The molecule has 1 saturated carbocycles. The van der Waals surface area contributed by atoms with Crippen LogP contribution in [0.2, 0.25) is 0 Å². The first-order valence-corrected chi connectivity index (χ1v) is 11.1. The Hall–Kier alpha value is -2.84. The molecule has 0 amide bonds. The predicted octanol–water partition coefficient (Wildman–Crippen LogP) is 4.22. The molecule has 0 spiro atoms. The van der Waals surface area contributed by atoms with Gasteiger partial charge < -0.3 is 0 Å². The number of esters is 1. The Bertz CT molecular complexity index is 1170. The van der Waals surface area contributed by atoms with Crippen LogP contribution in [0.4, 0.5) is 13.2 Å². The van der Waals surface area contributed by atoms with Gasteiger partial charge >= 0.3 is 180 Å². The Morgan fingerprint density at radius 3 is 2.71 bits per heavy atom. The summed E-state index contributed by atoms with van der Waals surface area (Å²) >= 11 is -0.599. The van der Waals surface area contributed by atoms with Gasteiger partial charge in [-0.1, -0.05) is 0 Å². The summed E-state index contributed by atoms with van der Waals surface area (Å²) in [6.45, 7) is 2.01. The monoisotopic (exact) mass is 499 g/mol. The second-order valence-corrected chi connectivity index (χ2v) is 9.17. The summed E-state index contributed by atoms with van der Waals surface area (Å²) in [5.41, 5.74) is 1.25. The number of benzene rings is 1. The molecule has 10 heteroatoms. The van der Waals surface area contributed by atoms with Gasteiger partial charge in [-0.25, -0.2) is 0 Å². The molecule has 162 valence electrons. The molecule has 6 nitrogen and oxygen atoms in total. The van der Waals surface area contributed by atoms with Crippen LogP contribution in [0.1, 0.15) is 34.2 Å². The molecule has 31 heavy (non-hydrogen) atoms. The number of alkyl halides is 3. The van der Waals surface area contributed by atoms with Crippen LogP contribution in [0.15, 0.2) is 36.4 Å². The van der Waals surface area contributed by atoms with E-state index in [1.165, 1.54) is 18.2 Å². The van der Waals surface area contributed by atoms with E-state index in [1.54, 1.807) is 25.1 Å². The number of nitrogens with zero attached hydrogens (tertiary/aromatic N) is 1. The number of halogens is 3. The fourth-order valence-corrected chi connectivity index (χ4v) is 5.67. The molecule has 1 aliphatic rings. The molecule has 0 unspecified atom stereocenters. The van der Waals surface area contributed by atoms with Gasteiger partial charge in [0, 0.05) is 0 Å². The van der Waals surface area contributed by atoms with Crippen molar-refractivity contribution in [3.63, 3.8) is 0 Å². The third-order valence-electron chi connectivity index (χ3n) is 4.87. The molecule has 0 bridgehead atoms. The zero-order valence-corrected chi connectivity index (χ0v) is 17.8. The third-order valence-corrected chi connectivity index (χ3v) is 7.30. The molecular formula is C21H16F3NO5Se. The van der Waals surface area contributed by atoms with Crippen molar-refractivity contribution < 1.29 is 37.3 Å². The van der Waals surface area contributed by atoms with Crippen molar-refractivity contribution in [1.82, 2.24) is 4.98 Å². The number of carboxylic acid groups (broad SMARTS) is 1. The number of hydrogen-bond acceptors (Lipinski definition) is 5. The number of pyridine rings is 1. The average molecular weight is 498 g/mol. The first-order chi connectivity index (χ1) is 14.7. The maximum absolute atomic E-state index is 12.6. The molecule has 0 aliphatic heterocycles. The van der Waals surface area contributed by atoms with Crippen LogP contribution in [0.5, 0.6) is 5.75 Å². The molecule has 2 atom stereocenters. The van der Waals surface area contributed by atoms with Crippen molar-refractivity contribution in [3.05, 3.63) is 46.5 Å². The van der Waals surface area contributed by atoms with Crippen LogP contribution < -0.4 is 4.74 Å². The van der Waals surface area contributed by atoms with E-state index < -0.39 is 32.6 Å². The molecule has 4 rings (SSSR count). The fourth-order valence-electron chi connectivity index (χ4n) is 3.51. The number of carbonyl (C=O) groups is 2. The molecule has 0 radical (unpaired) electrons. The van der Waals surface area contributed by atoms with Crippen molar-refractivity contribution in [3.8, 4) is 17.0 Å². The first kappa shape index (κ1) is 21.4. The molecule has 2 aromatic heterocycles. The third kappa shape index (κ3) is 4.45. The van der Waals surface area contributed by atoms with E-state index in [2.05, 4.69) is 9.72 Å². The van der Waals surface area contributed by atoms with E-state index in [-0.39, 0.29) is 34.4 Å². The molecule has 3 aromatic rings. The average Bonchev–Trinajstić information content (AvgIpc) is 3.41. The van der Waals surface area contributed by atoms with Gasteiger partial charge in [-0.2, -0.15) is 0 Å². The summed E-state index contributed by atoms with van der Waals surface area (Å²) in [7, 11) is 0. The number of hydrogen-bond donors (Lipinski definition) is 1. The van der Waals surface area contributed by atoms with Crippen LogP contribution in [0.3, 0.4) is 0 Å². The van der Waals surface area contributed by atoms with E-state index in [4.69, 9.17) is 4.74 Å². The quantitative estimate of drug-likeness (QED) is 0.405. The van der Waals surface area contributed by atoms with Gasteiger partial charge in [-0.3, -0.25) is 0 Å². The minimum atomic E-state index is -4.86. The summed E-state index contributed by atoms with van der Waals surface area (Å²) in [4.78, 5) is 28.4. The summed E-state index contributed by atoms with van der Waals surface area (Å²) in [6.07, 6.45) is -4.27. The second-order valence-electron chi connectivity index (χ2n) is 6.97.